The van der Waals surface area contributed by atoms with Crippen molar-refractivity contribution in [3.8, 4) is 0 Å². The molecule has 3 saturated carbocycles. The highest BCUT2D eigenvalue weighted by Crippen LogP contribution is 2.63. The van der Waals surface area contributed by atoms with E-state index < -0.39 is 9.84 Å². The quantitative estimate of drug-likeness (QED) is 0.213. The number of alkyl halides is 2. The largest absolute Gasteiger partial charge is 0.378 e. The molecule has 4 fully saturated rings. The van der Waals surface area contributed by atoms with E-state index in [1.54, 1.807) is 0 Å². The fraction of sp³-hybridized carbons (Fsp3) is 0.949. The first-order valence-corrected chi connectivity index (χ1v) is 22.6. The van der Waals surface area contributed by atoms with E-state index in [2.05, 4.69) is 51.3 Å². The summed E-state index contributed by atoms with van der Waals surface area (Å²) in [5, 5.41) is 0.434. The summed E-state index contributed by atoms with van der Waals surface area (Å²) in [4.78, 5) is 25.8. The molecule has 0 aromatic rings. The maximum absolute atomic E-state index is 15.4. The third-order valence-electron chi connectivity index (χ3n) is 14.0. The molecule has 1 saturated heterocycles. The second-order valence-electron chi connectivity index (χ2n) is 17.9. The van der Waals surface area contributed by atoms with Gasteiger partial charge in [-0.2, -0.15) is 0 Å². The molecule has 5 rings (SSSR count). The van der Waals surface area contributed by atoms with Crippen LogP contribution in [-0.4, -0.2) is 104 Å². The van der Waals surface area contributed by atoms with Gasteiger partial charge in [0.1, 0.15) is 9.84 Å². The highest BCUT2D eigenvalue weighted by atomic mass is 35.5. The zero-order chi connectivity index (χ0) is 35.8. The summed E-state index contributed by atoms with van der Waals surface area (Å²) in [6, 6.07) is 0. The van der Waals surface area contributed by atoms with Crippen LogP contribution in [-0.2, 0) is 19.4 Å². The monoisotopic (exact) mass is 743 g/mol. The van der Waals surface area contributed by atoms with Gasteiger partial charge in [0.05, 0.1) is 23.3 Å². The molecule has 0 bridgehead atoms. The molecular weight excluding hydrogens is 677 g/mol. The van der Waals surface area contributed by atoms with Crippen LogP contribution in [0.4, 0.5) is 0 Å². The fourth-order valence-electron chi connectivity index (χ4n) is 10.8. The predicted octanol–water partition coefficient (Wildman–Crippen LogP) is 7.86. The summed E-state index contributed by atoms with van der Waals surface area (Å²) in [5.74, 6) is 1.65. The minimum atomic E-state index is -2.98. The second kappa shape index (κ2) is 15.9. The van der Waals surface area contributed by atoms with Crippen LogP contribution in [0.15, 0.2) is 4.99 Å². The van der Waals surface area contributed by atoms with Gasteiger partial charge in [-0.25, -0.2) is 8.42 Å². The van der Waals surface area contributed by atoms with Crippen molar-refractivity contribution in [3.05, 3.63) is 0 Å². The lowest BCUT2D eigenvalue weighted by Crippen LogP contribution is -2.60. The lowest BCUT2D eigenvalue weighted by Gasteiger charge is -2.54. The molecule has 0 aromatic heterocycles. The number of ether oxygens (including phenoxy) is 1. The number of nitrogens with zero attached hydrogens (tertiary/aromatic N) is 3. The Kier molecular flexibility index (Phi) is 12.9. The first-order valence-electron chi connectivity index (χ1n) is 19.7. The van der Waals surface area contributed by atoms with Gasteiger partial charge in [-0.15, -0.1) is 23.2 Å². The van der Waals surface area contributed by atoms with Crippen LogP contribution in [0.5, 0.6) is 0 Å². The van der Waals surface area contributed by atoms with Crippen LogP contribution in [0.1, 0.15) is 119 Å². The van der Waals surface area contributed by atoms with E-state index in [0.29, 0.717) is 43.9 Å². The molecule has 49 heavy (non-hydrogen) atoms. The highest BCUT2D eigenvalue weighted by Gasteiger charge is 2.66. The second-order valence-corrected chi connectivity index (χ2v) is 21.4. The van der Waals surface area contributed by atoms with Crippen LogP contribution < -0.4 is 0 Å². The van der Waals surface area contributed by atoms with Gasteiger partial charge < -0.3 is 9.64 Å². The zero-order valence-corrected chi connectivity index (χ0v) is 34.0. The fourth-order valence-corrected chi connectivity index (χ4v) is 11.9. The molecule has 2 heterocycles. The third-order valence-corrected chi connectivity index (χ3v) is 15.9. The van der Waals surface area contributed by atoms with Crippen molar-refractivity contribution < 1.29 is 17.9 Å². The molecule has 1 amide bonds. The average Bonchev–Trinajstić information content (AvgIpc) is 3.28. The normalized spacial score (nSPS) is 39.9. The van der Waals surface area contributed by atoms with Crippen molar-refractivity contribution in [1.29, 1.82) is 0 Å². The van der Waals surface area contributed by atoms with Crippen molar-refractivity contribution in [2.75, 3.05) is 51.3 Å². The summed E-state index contributed by atoms with van der Waals surface area (Å²) in [6.45, 7) is 18.4. The van der Waals surface area contributed by atoms with E-state index in [1.807, 2.05) is 0 Å². The maximum Gasteiger partial charge on any atom is 0.232 e. The Morgan fingerprint density at radius 3 is 2.00 bits per heavy atom. The van der Waals surface area contributed by atoms with Gasteiger partial charge in [0.25, 0.3) is 0 Å². The number of aliphatic imine (C=N–C) groups is 1. The molecule has 2 aliphatic heterocycles. The van der Waals surface area contributed by atoms with Crippen molar-refractivity contribution in [3.63, 3.8) is 0 Å². The van der Waals surface area contributed by atoms with E-state index >= 15 is 4.79 Å². The van der Waals surface area contributed by atoms with Gasteiger partial charge in [-0.1, -0.05) is 27.7 Å². The lowest BCUT2D eigenvalue weighted by atomic mass is 9.50. The molecule has 6 atom stereocenters. The van der Waals surface area contributed by atoms with E-state index in [1.165, 1.54) is 6.26 Å². The number of hydrogen-bond donors (Lipinski definition) is 0. The van der Waals surface area contributed by atoms with E-state index in [9.17, 15) is 8.42 Å². The summed E-state index contributed by atoms with van der Waals surface area (Å²) < 4.78 is 30.1. The zero-order valence-electron chi connectivity index (χ0n) is 31.7. The smallest absolute Gasteiger partial charge is 0.232 e. The number of piperazine rings is 1. The minimum Gasteiger partial charge on any atom is -0.378 e. The Morgan fingerprint density at radius 1 is 0.898 bits per heavy atom. The lowest BCUT2D eigenvalue weighted by molar-refractivity contribution is -0.143. The SMILES string of the molecule is CCOC1CC(C(C)(C)C)CCC1C1=N[C@](C)(C2CCC(Cl)CC2)[C@](C)(C2CCC(Cl)CC2)C1C(=O)N1CCN(CCCS(C)(=O)=O)CC1. The number of amides is 1. The van der Waals surface area contributed by atoms with Crippen LogP contribution in [0, 0.1) is 40.4 Å². The third kappa shape index (κ3) is 8.71. The van der Waals surface area contributed by atoms with Crippen LogP contribution in [0.3, 0.4) is 0 Å². The molecule has 0 aromatic carbocycles. The van der Waals surface area contributed by atoms with Crippen molar-refractivity contribution >= 4 is 44.7 Å². The minimum absolute atomic E-state index is 0.0625. The Morgan fingerprint density at radius 2 is 1.47 bits per heavy atom. The Hall–Kier alpha value is -0.410. The molecule has 7 nitrogen and oxygen atoms in total. The van der Waals surface area contributed by atoms with Crippen molar-refractivity contribution in [1.82, 2.24) is 9.80 Å². The first kappa shape index (κ1) is 39.8. The molecule has 3 aliphatic carbocycles. The number of carbonyl (C=O) groups is 1. The summed E-state index contributed by atoms with van der Waals surface area (Å²) in [5.41, 5.74) is 0.647. The Balaban J connectivity index is 1.51. The highest BCUT2D eigenvalue weighted by molar-refractivity contribution is 7.90. The van der Waals surface area contributed by atoms with E-state index in [0.717, 1.165) is 96.0 Å². The number of sulfone groups is 1. The standard InChI is InChI=1S/C39H67Cl2N3O4S/c1-8-48-33-26-29(37(2,3)4)14-19-32(33)35-34(36(45)44-23-21-43(22-24-44)20-9-25-49(7,46)47)38(5,27-10-15-30(40)16-11-27)39(6,42-35)28-12-17-31(41)18-13-28/h27-34H,8-26H2,1-7H3/t27?,28?,29?,30?,31?,32?,33?,34?,38-,39-/m1/s1. The van der Waals surface area contributed by atoms with Gasteiger partial charge in [0.2, 0.25) is 5.91 Å². The van der Waals surface area contributed by atoms with Gasteiger partial charge >= 0.3 is 0 Å². The molecule has 0 N–H and O–H groups in total. The van der Waals surface area contributed by atoms with Gasteiger partial charge in [0, 0.05) is 66.8 Å². The van der Waals surface area contributed by atoms with E-state index in [-0.39, 0.29) is 56.7 Å². The Bertz CT molecular complexity index is 1270. The van der Waals surface area contributed by atoms with E-state index in [4.69, 9.17) is 32.9 Å². The number of rotatable bonds is 10. The molecule has 0 radical (unpaired) electrons. The van der Waals surface area contributed by atoms with Gasteiger partial charge in [-0.05, 0) is 121 Å². The molecule has 4 unspecified atom stereocenters. The number of halogens is 2. The average molecular weight is 745 g/mol. The van der Waals surface area contributed by atoms with Crippen molar-refractivity contribution in [2.45, 2.75) is 141 Å². The molecular formula is C39H67Cl2N3O4S. The topological polar surface area (TPSA) is 79.3 Å². The molecule has 0 spiro atoms. The maximum atomic E-state index is 15.4. The van der Waals surface area contributed by atoms with Gasteiger partial charge in [0.15, 0.2) is 0 Å². The van der Waals surface area contributed by atoms with Crippen LogP contribution >= 0.6 is 23.2 Å². The predicted molar refractivity (Wildman–Crippen MR) is 204 cm³/mol. The summed E-state index contributed by atoms with van der Waals surface area (Å²) >= 11 is 13.5. The summed E-state index contributed by atoms with van der Waals surface area (Å²) in [7, 11) is -2.98. The Labute approximate surface area is 308 Å². The molecule has 10 heteroatoms. The summed E-state index contributed by atoms with van der Waals surface area (Å²) in [6.07, 6.45) is 13.3. The molecule has 282 valence electrons. The van der Waals surface area contributed by atoms with Gasteiger partial charge in [-0.3, -0.25) is 14.7 Å². The first-order chi connectivity index (χ1) is 23.0. The van der Waals surface area contributed by atoms with Crippen molar-refractivity contribution in [2.24, 2.45) is 45.4 Å². The van der Waals surface area contributed by atoms with Crippen LogP contribution in [0.2, 0.25) is 0 Å². The number of carbonyl (C=O) groups excluding carboxylic acids is 1. The number of hydrogen-bond acceptors (Lipinski definition) is 6. The van der Waals surface area contributed by atoms with Crippen LogP contribution in [0.25, 0.3) is 0 Å². The molecule has 5 aliphatic rings.